The maximum atomic E-state index is 13.2. The molecule has 0 spiro atoms. The zero-order chi connectivity index (χ0) is 17.2. The summed E-state index contributed by atoms with van der Waals surface area (Å²) in [5, 5.41) is 13.9. The zero-order valence-corrected chi connectivity index (χ0v) is 14.0. The predicted molar refractivity (Wildman–Crippen MR) is 95.1 cm³/mol. The van der Waals surface area contributed by atoms with Crippen molar-refractivity contribution >= 4 is 11.5 Å². The summed E-state index contributed by atoms with van der Waals surface area (Å²) in [5.74, 6) is 0.741. The van der Waals surface area contributed by atoms with Gasteiger partial charge in [0, 0.05) is 31.0 Å². The van der Waals surface area contributed by atoms with Gasteiger partial charge < -0.3 is 10.0 Å². The molecule has 4 rings (SSSR count). The molecule has 1 aliphatic rings. The van der Waals surface area contributed by atoms with Crippen molar-refractivity contribution in [2.75, 3.05) is 18.1 Å². The Bertz CT molecular complexity index is 859. The molecular formula is C19H21FN4O. The molecule has 1 aliphatic heterocycles. The molecule has 1 aromatic carbocycles. The molecule has 1 unspecified atom stereocenters. The number of aliphatic hydroxyl groups is 1. The molecule has 1 N–H and O–H groups in total. The molecule has 25 heavy (non-hydrogen) atoms. The van der Waals surface area contributed by atoms with Crippen LogP contribution < -0.4 is 4.90 Å². The van der Waals surface area contributed by atoms with Gasteiger partial charge in [0.2, 0.25) is 0 Å². The van der Waals surface area contributed by atoms with Crippen molar-refractivity contribution in [1.29, 1.82) is 0 Å². The van der Waals surface area contributed by atoms with Gasteiger partial charge in [-0.2, -0.15) is 9.61 Å². The number of aliphatic hydroxyl groups excluding tert-OH is 1. The molecule has 1 fully saturated rings. The second-order valence-electron chi connectivity index (χ2n) is 6.46. The zero-order valence-electron chi connectivity index (χ0n) is 14.0. The molecule has 1 saturated heterocycles. The average Bonchev–Trinajstić information content (AvgIpc) is 3.07. The van der Waals surface area contributed by atoms with E-state index >= 15 is 0 Å². The van der Waals surface area contributed by atoms with Crippen LogP contribution in [-0.2, 0) is 0 Å². The summed E-state index contributed by atoms with van der Waals surface area (Å²) < 4.78 is 15.1. The van der Waals surface area contributed by atoms with Gasteiger partial charge in [0.1, 0.15) is 11.6 Å². The SMILES string of the molecule is OCCC1CCCCN1c1ccnc2c(-c3ccc(F)cc3)cnn12. The van der Waals surface area contributed by atoms with Crippen LogP contribution in [0.2, 0.25) is 0 Å². The lowest BCUT2D eigenvalue weighted by atomic mass is 9.99. The highest BCUT2D eigenvalue weighted by Crippen LogP contribution is 2.30. The minimum atomic E-state index is -0.256. The van der Waals surface area contributed by atoms with Gasteiger partial charge in [0.15, 0.2) is 5.65 Å². The topological polar surface area (TPSA) is 53.7 Å². The Morgan fingerprint density at radius 2 is 2.00 bits per heavy atom. The van der Waals surface area contributed by atoms with Crippen LogP contribution in [0.4, 0.5) is 10.2 Å². The Morgan fingerprint density at radius 1 is 1.16 bits per heavy atom. The van der Waals surface area contributed by atoms with E-state index in [1.54, 1.807) is 24.5 Å². The number of benzene rings is 1. The normalized spacial score (nSPS) is 18.0. The first kappa shape index (κ1) is 16.0. The minimum absolute atomic E-state index is 0.190. The molecule has 0 radical (unpaired) electrons. The lowest BCUT2D eigenvalue weighted by Crippen LogP contribution is -2.41. The highest BCUT2D eigenvalue weighted by molar-refractivity contribution is 5.78. The molecule has 130 valence electrons. The maximum Gasteiger partial charge on any atom is 0.165 e. The Hall–Kier alpha value is -2.47. The van der Waals surface area contributed by atoms with E-state index in [2.05, 4.69) is 15.0 Å². The van der Waals surface area contributed by atoms with Crippen LogP contribution >= 0.6 is 0 Å². The van der Waals surface area contributed by atoms with Gasteiger partial charge in [-0.1, -0.05) is 12.1 Å². The molecule has 3 heterocycles. The molecule has 0 bridgehead atoms. The molecule has 1 atom stereocenters. The Kier molecular flexibility index (Phi) is 4.36. The number of rotatable bonds is 4. The fourth-order valence-electron chi connectivity index (χ4n) is 3.68. The summed E-state index contributed by atoms with van der Waals surface area (Å²) in [5.41, 5.74) is 2.54. The van der Waals surface area contributed by atoms with Gasteiger partial charge in [0.25, 0.3) is 0 Å². The van der Waals surface area contributed by atoms with Crippen molar-refractivity contribution in [3.8, 4) is 11.1 Å². The lowest BCUT2D eigenvalue weighted by Gasteiger charge is -2.37. The molecule has 0 saturated carbocycles. The molecular weight excluding hydrogens is 319 g/mol. The highest BCUT2D eigenvalue weighted by Gasteiger charge is 2.25. The van der Waals surface area contributed by atoms with Gasteiger partial charge >= 0.3 is 0 Å². The second kappa shape index (κ2) is 6.80. The van der Waals surface area contributed by atoms with E-state index in [1.807, 2.05) is 10.6 Å². The Balaban J connectivity index is 1.77. The fraction of sp³-hybridized carbons (Fsp3) is 0.368. The number of hydrogen-bond acceptors (Lipinski definition) is 4. The van der Waals surface area contributed by atoms with E-state index in [-0.39, 0.29) is 12.4 Å². The summed E-state index contributed by atoms with van der Waals surface area (Å²) in [6.45, 7) is 1.14. The predicted octanol–water partition coefficient (Wildman–Crippen LogP) is 3.28. The lowest BCUT2D eigenvalue weighted by molar-refractivity contribution is 0.262. The third-order valence-corrected chi connectivity index (χ3v) is 4.92. The van der Waals surface area contributed by atoms with E-state index in [0.29, 0.717) is 6.04 Å². The number of fused-ring (bicyclic) bond motifs is 1. The van der Waals surface area contributed by atoms with E-state index in [4.69, 9.17) is 0 Å². The van der Waals surface area contributed by atoms with Gasteiger partial charge in [-0.25, -0.2) is 9.37 Å². The van der Waals surface area contributed by atoms with Crippen LogP contribution in [0.5, 0.6) is 0 Å². The number of piperidine rings is 1. The summed E-state index contributed by atoms with van der Waals surface area (Å²) in [7, 11) is 0. The van der Waals surface area contributed by atoms with E-state index in [0.717, 1.165) is 48.4 Å². The number of halogens is 1. The maximum absolute atomic E-state index is 13.2. The number of aromatic nitrogens is 3. The third-order valence-electron chi connectivity index (χ3n) is 4.92. The van der Waals surface area contributed by atoms with Crippen molar-refractivity contribution in [1.82, 2.24) is 14.6 Å². The standard InChI is InChI=1S/C19H21FN4O/c20-15-6-4-14(5-7-15)17-13-22-24-18(8-10-21-19(17)24)23-11-2-1-3-16(23)9-12-25/h4-8,10,13,16,25H,1-3,9,11-12H2. The van der Waals surface area contributed by atoms with Crippen molar-refractivity contribution in [3.05, 3.63) is 48.5 Å². The van der Waals surface area contributed by atoms with Crippen LogP contribution in [0.1, 0.15) is 25.7 Å². The van der Waals surface area contributed by atoms with Crippen LogP contribution in [0.3, 0.4) is 0 Å². The largest absolute Gasteiger partial charge is 0.396 e. The second-order valence-corrected chi connectivity index (χ2v) is 6.46. The Morgan fingerprint density at radius 3 is 2.80 bits per heavy atom. The quantitative estimate of drug-likeness (QED) is 0.792. The minimum Gasteiger partial charge on any atom is -0.396 e. The van der Waals surface area contributed by atoms with Crippen molar-refractivity contribution < 1.29 is 9.50 Å². The van der Waals surface area contributed by atoms with Crippen LogP contribution in [0, 0.1) is 5.82 Å². The van der Waals surface area contributed by atoms with Gasteiger partial charge in [-0.15, -0.1) is 0 Å². The van der Waals surface area contributed by atoms with Gasteiger partial charge in [0.05, 0.1) is 6.20 Å². The number of anilines is 1. The first-order valence-corrected chi connectivity index (χ1v) is 8.74. The molecule has 3 aromatic rings. The van der Waals surface area contributed by atoms with Crippen molar-refractivity contribution in [2.24, 2.45) is 0 Å². The van der Waals surface area contributed by atoms with Crippen molar-refractivity contribution in [3.63, 3.8) is 0 Å². The summed E-state index contributed by atoms with van der Waals surface area (Å²) in [4.78, 5) is 6.83. The van der Waals surface area contributed by atoms with Gasteiger partial charge in [-0.3, -0.25) is 0 Å². The monoisotopic (exact) mass is 340 g/mol. The summed E-state index contributed by atoms with van der Waals surface area (Å²) in [6, 6.07) is 8.69. The Labute approximate surface area is 145 Å². The number of nitrogens with zero attached hydrogens (tertiary/aromatic N) is 4. The number of hydrogen-bond donors (Lipinski definition) is 1. The van der Waals surface area contributed by atoms with Gasteiger partial charge in [-0.05, 0) is 49.4 Å². The molecule has 5 nitrogen and oxygen atoms in total. The first-order chi connectivity index (χ1) is 12.3. The molecule has 0 amide bonds. The van der Waals surface area contributed by atoms with E-state index in [1.165, 1.54) is 18.6 Å². The van der Waals surface area contributed by atoms with Crippen LogP contribution in [0.25, 0.3) is 16.8 Å². The molecule has 6 heteroatoms. The summed E-state index contributed by atoms with van der Waals surface area (Å²) in [6.07, 6.45) is 7.74. The van der Waals surface area contributed by atoms with Crippen LogP contribution in [0.15, 0.2) is 42.7 Å². The third kappa shape index (κ3) is 2.98. The van der Waals surface area contributed by atoms with Crippen molar-refractivity contribution in [2.45, 2.75) is 31.7 Å². The summed E-state index contributed by atoms with van der Waals surface area (Å²) >= 11 is 0. The molecule has 0 aliphatic carbocycles. The van der Waals surface area contributed by atoms with E-state index in [9.17, 15) is 9.50 Å². The molecule has 2 aromatic heterocycles. The first-order valence-electron chi connectivity index (χ1n) is 8.74. The smallest absolute Gasteiger partial charge is 0.165 e. The van der Waals surface area contributed by atoms with E-state index < -0.39 is 0 Å². The highest BCUT2D eigenvalue weighted by atomic mass is 19.1. The van der Waals surface area contributed by atoms with Crippen LogP contribution in [-0.4, -0.2) is 38.9 Å². The fourth-order valence-corrected chi connectivity index (χ4v) is 3.68. The average molecular weight is 340 g/mol.